The van der Waals surface area contributed by atoms with Crippen molar-refractivity contribution in [3.63, 3.8) is 0 Å². The Balaban J connectivity index is 1.42. The van der Waals surface area contributed by atoms with Gasteiger partial charge in [0.05, 0.1) is 18.8 Å². The smallest absolute Gasteiger partial charge is 0.351 e. The van der Waals surface area contributed by atoms with E-state index in [2.05, 4.69) is 25.8 Å². The molecule has 156 valence electrons. The summed E-state index contributed by atoms with van der Waals surface area (Å²) in [5.74, 6) is -0.499. The van der Waals surface area contributed by atoms with Crippen LogP contribution in [0.2, 0.25) is 0 Å². The fraction of sp³-hybridized carbons (Fsp3) is 0.316. The van der Waals surface area contributed by atoms with Gasteiger partial charge in [-0.25, -0.2) is 18.4 Å². The van der Waals surface area contributed by atoms with Crippen molar-refractivity contribution in [3.05, 3.63) is 64.2 Å². The molecule has 1 amide bonds. The lowest BCUT2D eigenvalue weighted by Gasteiger charge is -2.13. The quantitative estimate of drug-likeness (QED) is 0.630. The first kappa shape index (κ1) is 19.6. The molecule has 0 radical (unpaired) electrons. The molecule has 0 saturated carbocycles. The number of oxime groups is 1. The fourth-order valence-electron chi connectivity index (χ4n) is 3.03. The summed E-state index contributed by atoms with van der Waals surface area (Å²) in [7, 11) is 0. The topological polar surface area (TPSA) is 119 Å². The zero-order valence-corrected chi connectivity index (χ0v) is 16.4. The molecule has 1 aromatic carbocycles. The largest absolute Gasteiger partial charge is 0.389 e. The maximum atomic E-state index is 13.0. The van der Waals surface area contributed by atoms with Crippen LogP contribution in [0, 0.1) is 5.82 Å². The highest BCUT2D eigenvalue weighted by atomic mass is 19.1. The molecule has 11 heteroatoms. The van der Waals surface area contributed by atoms with E-state index in [0.717, 1.165) is 11.3 Å². The lowest BCUT2D eigenvalue weighted by Crippen LogP contribution is -2.30. The summed E-state index contributed by atoms with van der Waals surface area (Å²) in [4.78, 5) is 30.2. The number of aromatic amines is 1. The summed E-state index contributed by atoms with van der Waals surface area (Å²) >= 11 is 0. The first-order chi connectivity index (χ1) is 14.3. The second-order valence-electron chi connectivity index (χ2n) is 7.58. The van der Waals surface area contributed by atoms with Crippen molar-refractivity contribution in [1.82, 2.24) is 29.9 Å². The van der Waals surface area contributed by atoms with Gasteiger partial charge in [-0.1, -0.05) is 17.3 Å². The van der Waals surface area contributed by atoms with E-state index in [4.69, 9.17) is 4.84 Å². The van der Waals surface area contributed by atoms with E-state index in [-0.39, 0.29) is 41.9 Å². The van der Waals surface area contributed by atoms with Gasteiger partial charge < -0.3 is 10.2 Å². The van der Waals surface area contributed by atoms with E-state index in [1.165, 1.54) is 33.8 Å². The standard InChI is InChI=1S/C19H20FN7O3/c1-19(2)8-14(25-30-19)9-21-17(28)15-7-16(24-23-15)26-11-22-27(18(26)29)10-12-3-5-13(20)6-4-12/h3-7,11H,8-10H2,1-2H3,(H,21,28)(H,23,24). The molecule has 0 fully saturated rings. The van der Waals surface area contributed by atoms with Crippen LogP contribution in [-0.2, 0) is 11.4 Å². The number of aromatic nitrogens is 5. The predicted octanol–water partition coefficient (Wildman–Crippen LogP) is 1.23. The molecule has 0 aliphatic carbocycles. The Morgan fingerprint density at radius 3 is 2.80 bits per heavy atom. The first-order valence-electron chi connectivity index (χ1n) is 9.27. The van der Waals surface area contributed by atoms with Crippen LogP contribution in [0.15, 0.2) is 46.6 Å². The van der Waals surface area contributed by atoms with Gasteiger partial charge in [0.25, 0.3) is 5.91 Å². The Labute approximate surface area is 170 Å². The third-order valence-electron chi connectivity index (χ3n) is 4.54. The minimum absolute atomic E-state index is 0.185. The Morgan fingerprint density at radius 1 is 1.33 bits per heavy atom. The maximum Gasteiger partial charge on any atom is 0.351 e. The number of halogens is 1. The van der Waals surface area contributed by atoms with Crippen LogP contribution in [0.3, 0.4) is 0 Å². The molecule has 2 aromatic heterocycles. The number of nitrogens with zero attached hydrogens (tertiary/aromatic N) is 5. The van der Waals surface area contributed by atoms with Crippen molar-refractivity contribution in [2.45, 2.75) is 32.4 Å². The van der Waals surface area contributed by atoms with Gasteiger partial charge in [0.1, 0.15) is 23.4 Å². The summed E-state index contributed by atoms with van der Waals surface area (Å²) in [6.07, 6.45) is 1.94. The van der Waals surface area contributed by atoms with Crippen LogP contribution in [-0.4, -0.2) is 48.3 Å². The van der Waals surface area contributed by atoms with E-state index >= 15 is 0 Å². The predicted molar refractivity (Wildman–Crippen MR) is 105 cm³/mol. The van der Waals surface area contributed by atoms with Crippen molar-refractivity contribution >= 4 is 11.6 Å². The third-order valence-corrected chi connectivity index (χ3v) is 4.54. The van der Waals surface area contributed by atoms with E-state index in [0.29, 0.717) is 6.42 Å². The molecule has 4 rings (SSSR count). The van der Waals surface area contributed by atoms with Crippen molar-refractivity contribution < 1.29 is 14.0 Å². The Hall–Kier alpha value is -3.76. The third kappa shape index (κ3) is 4.14. The summed E-state index contributed by atoms with van der Waals surface area (Å²) in [6.45, 7) is 4.28. The lowest BCUT2D eigenvalue weighted by molar-refractivity contribution is 0.0123. The summed E-state index contributed by atoms with van der Waals surface area (Å²) in [6, 6.07) is 7.26. The normalized spacial score (nSPS) is 15.0. The van der Waals surface area contributed by atoms with Gasteiger partial charge in [-0.3, -0.25) is 9.89 Å². The summed E-state index contributed by atoms with van der Waals surface area (Å²) in [5.41, 5.74) is 0.870. The van der Waals surface area contributed by atoms with Crippen LogP contribution >= 0.6 is 0 Å². The number of carbonyl (C=O) groups excluding carboxylic acids is 1. The van der Waals surface area contributed by atoms with Crippen LogP contribution in [0.5, 0.6) is 0 Å². The number of rotatable bonds is 6. The van der Waals surface area contributed by atoms with Gasteiger partial charge in [-0.2, -0.15) is 10.2 Å². The molecule has 10 nitrogen and oxygen atoms in total. The molecule has 2 N–H and O–H groups in total. The zero-order valence-electron chi connectivity index (χ0n) is 16.4. The minimum atomic E-state index is -0.433. The van der Waals surface area contributed by atoms with Crippen molar-refractivity contribution in [2.75, 3.05) is 6.54 Å². The van der Waals surface area contributed by atoms with Crippen molar-refractivity contribution in [2.24, 2.45) is 5.16 Å². The number of hydrogen-bond acceptors (Lipinski definition) is 6. The minimum Gasteiger partial charge on any atom is -0.389 e. The van der Waals surface area contributed by atoms with E-state index in [1.807, 2.05) is 13.8 Å². The van der Waals surface area contributed by atoms with E-state index in [1.54, 1.807) is 12.1 Å². The molecule has 0 saturated heterocycles. The van der Waals surface area contributed by atoms with Gasteiger partial charge in [0.2, 0.25) is 0 Å². The SMILES string of the molecule is CC1(C)CC(CNC(=O)c2cc(-n3cnn(Cc4ccc(F)cc4)c3=O)n[nH]2)=NO1. The molecule has 1 aliphatic rings. The van der Waals surface area contributed by atoms with Crippen molar-refractivity contribution in [1.29, 1.82) is 0 Å². The van der Waals surface area contributed by atoms with Gasteiger partial charge in [-0.05, 0) is 31.5 Å². The molecule has 0 spiro atoms. The van der Waals surface area contributed by atoms with Crippen LogP contribution < -0.4 is 11.0 Å². The zero-order chi connectivity index (χ0) is 21.3. The number of amides is 1. The highest BCUT2D eigenvalue weighted by Crippen LogP contribution is 2.21. The molecule has 30 heavy (non-hydrogen) atoms. The number of benzene rings is 1. The Bertz CT molecular complexity index is 1160. The molecule has 1 aliphatic heterocycles. The average molecular weight is 413 g/mol. The Morgan fingerprint density at radius 2 is 2.10 bits per heavy atom. The average Bonchev–Trinajstić information content (AvgIpc) is 3.41. The molecule has 3 heterocycles. The first-order valence-corrected chi connectivity index (χ1v) is 9.27. The van der Waals surface area contributed by atoms with Gasteiger partial charge in [0.15, 0.2) is 5.82 Å². The van der Waals surface area contributed by atoms with Crippen LogP contribution in [0.1, 0.15) is 36.3 Å². The molecule has 0 unspecified atom stereocenters. The second-order valence-corrected chi connectivity index (χ2v) is 7.58. The number of nitrogens with one attached hydrogen (secondary N) is 2. The second kappa shape index (κ2) is 7.58. The van der Waals surface area contributed by atoms with Crippen LogP contribution in [0.25, 0.3) is 5.82 Å². The molecular formula is C19H20FN7O3. The number of H-pyrrole nitrogens is 1. The fourth-order valence-corrected chi connectivity index (χ4v) is 3.03. The van der Waals surface area contributed by atoms with Gasteiger partial charge in [0, 0.05) is 12.5 Å². The van der Waals surface area contributed by atoms with E-state index in [9.17, 15) is 14.0 Å². The highest BCUT2D eigenvalue weighted by molar-refractivity contribution is 5.97. The highest BCUT2D eigenvalue weighted by Gasteiger charge is 2.28. The molecule has 0 bridgehead atoms. The van der Waals surface area contributed by atoms with Gasteiger partial charge >= 0.3 is 5.69 Å². The maximum absolute atomic E-state index is 13.0. The monoisotopic (exact) mass is 413 g/mol. The number of hydrogen-bond donors (Lipinski definition) is 2. The molecular weight excluding hydrogens is 393 g/mol. The Kier molecular flexibility index (Phi) is 4.94. The molecule has 3 aromatic rings. The van der Waals surface area contributed by atoms with Crippen molar-refractivity contribution in [3.8, 4) is 5.82 Å². The lowest BCUT2D eigenvalue weighted by atomic mass is 10.0. The van der Waals surface area contributed by atoms with E-state index < -0.39 is 5.69 Å². The van der Waals surface area contributed by atoms with Gasteiger partial charge in [-0.15, -0.1) is 0 Å². The van der Waals surface area contributed by atoms with Crippen LogP contribution in [0.4, 0.5) is 4.39 Å². The summed E-state index contributed by atoms with van der Waals surface area (Å²) < 4.78 is 15.5. The molecule has 0 atom stereocenters. The summed E-state index contributed by atoms with van der Waals surface area (Å²) in [5, 5.41) is 17.4. The number of carbonyl (C=O) groups is 1.